The molecule has 7 nitrogen and oxygen atoms in total. The summed E-state index contributed by atoms with van der Waals surface area (Å²) in [5, 5.41) is 3.93. The first-order chi connectivity index (χ1) is 12.4. The van der Waals surface area contributed by atoms with Crippen molar-refractivity contribution in [2.75, 3.05) is 18.9 Å². The molecule has 0 spiro atoms. The second kappa shape index (κ2) is 7.27. The normalized spacial score (nSPS) is 11.2. The average molecular weight is 395 g/mol. The van der Waals surface area contributed by atoms with Crippen molar-refractivity contribution < 1.29 is 22.4 Å². The fourth-order valence-corrected chi connectivity index (χ4v) is 3.81. The lowest BCUT2D eigenvalue weighted by Crippen LogP contribution is -2.14. The van der Waals surface area contributed by atoms with Gasteiger partial charge < -0.3 is 14.0 Å². The third-order valence-electron chi connectivity index (χ3n) is 3.58. The molecule has 136 valence electrons. The molecule has 0 aliphatic carbocycles. The molecule has 0 bridgehead atoms. The van der Waals surface area contributed by atoms with Gasteiger partial charge in [-0.1, -0.05) is 16.8 Å². The van der Waals surface area contributed by atoms with E-state index in [1.54, 1.807) is 30.3 Å². The molecule has 0 unspecified atom stereocenters. The summed E-state index contributed by atoms with van der Waals surface area (Å²) in [4.78, 5) is -0.0183. The predicted molar refractivity (Wildman–Crippen MR) is 97.3 cm³/mol. The number of anilines is 1. The highest BCUT2D eigenvalue weighted by molar-refractivity contribution is 7.92. The van der Waals surface area contributed by atoms with Gasteiger partial charge in [0.2, 0.25) is 0 Å². The zero-order valence-corrected chi connectivity index (χ0v) is 15.5. The first kappa shape index (κ1) is 18.1. The molecule has 0 saturated carbocycles. The van der Waals surface area contributed by atoms with Crippen molar-refractivity contribution in [3.8, 4) is 22.8 Å². The van der Waals surface area contributed by atoms with Gasteiger partial charge in [-0.25, -0.2) is 8.42 Å². The van der Waals surface area contributed by atoms with Crippen LogP contribution in [-0.4, -0.2) is 27.8 Å². The van der Waals surface area contributed by atoms with Crippen LogP contribution in [0.4, 0.5) is 5.69 Å². The molecule has 2 aromatic carbocycles. The maximum absolute atomic E-state index is 12.7. The summed E-state index contributed by atoms with van der Waals surface area (Å²) < 4.78 is 43.3. The zero-order chi connectivity index (χ0) is 18.7. The number of sulfonamides is 1. The van der Waals surface area contributed by atoms with E-state index in [2.05, 4.69) is 9.88 Å². The Hall–Kier alpha value is -2.71. The predicted octanol–water partition coefficient (Wildman–Crippen LogP) is 3.81. The van der Waals surface area contributed by atoms with Crippen molar-refractivity contribution in [2.45, 2.75) is 4.90 Å². The van der Waals surface area contributed by atoms with E-state index < -0.39 is 10.0 Å². The standard InChI is InChI=1S/C17H15ClN2O5S/c1-23-15-5-4-12(10-13(15)18)20-26(21,22)17-6-3-11(9-16(17)24-2)14-7-8-19-25-14/h3-10,20H,1-2H3. The van der Waals surface area contributed by atoms with Gasteiger partial charge in [0.1, 0.15) is 16.4 Å². The third kappa shape index (κ3) is 3.61. The first-order valence-electron chi connectivity index (χ1n) is 7.40. The van der Waals surface area contributed by atoms with Gasteiger partial charge in [0, 0.05) is 11.6 Å². The Balaban J connectivity index is 1.95. The molecule has 0 aliphatic heterocycles. The summed E-state index contributed by atoms with van der Waals surface area (Å²) in [5.74, 6) is 1.12. The van der Waals surface area contributed by atoms with Gasteiger partial charge >= 0.3 is 0 Å². The summed E-state index contributed by atoms with van der Waals surface area (Å²) in [6, 6.07) is 10.9. The fraction of sp³-hybridized carbons (Fsp3) is 0.118. The van der Waals surface area contributed by atoms with Gasteiger partial charge in [0.05, 0.1) is 31.1 Å². The molecular weight excluding hydrogens is 380 g/mol. The van der Waals surface area contributed by atoms with Crippen molar-refractivity contribution in [1.82, 2.24) is 5.16 Å². The number of methoxy groups -OCH3 is 2. The summed E-state index contributed by atoms with van der Waals surface area (Å²) in [7, 11) is -1.03. The molecule has 3 aromatic rings. The molecule has 1 heterocycles. The first-order valence-corrected chi connectivity index (χ1v) is 9.26. The van der Waals surface area contributed by atoms with Gasteiger partial charge in [-0.15, -0.1) is 0 Å². The van der Waals surface area contributed by atoms with Gasteiger partial charge in [-0.05, 0) is 36.4 Å². The van der Waals surface area contributed by atoms with Crippen LogP contribution < -0.4 is 14.2 Å². The molecule has 1 N–H and O–H groups in total. The molecular formula is C17H15ClN2O5S. The number of hydrogen-bond acceptors (Lipinski definition) is 6. The third-order valence-corrected chi connectivity index (χ3v) is 5.30. The molecule has 0 atom stereocenters. The maximum atomic E-state index is 12.7. The SMILES string of the molecule is COc1ccc(NS(=O)(=O)c2ccc(-c3ccno3)cc2OC)cc1Cl. The lowest BCUT2D eigenvalue weighted by molar-refractivity contribution is 0.402. The lowest BCUT2D eigenvalue weighted by Gasteiger charge is -2.13. The van der Waals surface area contributed by atoms with Gasteiger partial charge in [0.15, 0.2) is 5.76 Å². The Morgan fingerprint density at radius 2 is 1.81 bits per heavy atom. The van der Waals surface area contributed by atoms with E-state index in [1.165, 1.54) is 32.5 Å². The van der Waals surface area contributed by atoms with Crippen LogP contribution in [0.25, 0.3) is 11.3 Å². The number of aromatic nitrogens is 1. The van der Waals surface area contributed by atoms with E-state index in [-0.39, 0.29) is 10.6 Å². The van der Waals surface area contributed by atoms with Crippen LogP contribution in [0.1, 0.15) is 0 Å². The van der Waals surface area contributed by atoms with Crippen LogP contribution in [0, 0.1) is 0 Å². The Morgan fingerprint density at radius 1 is 1.04 bits per heavy atom. The van der Waals surface area contributed by atoms with Crippen molar-refractivity contribution in [2.24, 2.45) is 0 Å². The minimum atomic E-state index is -3.90. The molecule has 0 radical (unpaired) electrons. The topological polar surface area (TPSA) is 90.7 Å². The molecule has 0 aliphatic rings. The minimum Gasteiger partial charge on any atom is -0.495 e. The van der Waals surface area contributed by atoms with Gasteiger partial charge in [-0.3, -0.25) is 4.72 Å². The average Bonchev–Trinajstić information content (AvgIpc) is 3.15. The van der Waals surface area contributed by atoms with Crippen LogP contribution >= 0.6 is 11.6 Å². The van der Waals surface area contributed by atoms with Gasteiger partial charge in [-0.2, -0.15) is 0 Å². The van der Waals surface area contributed by atoms with Crippen molar-refractivity contribution in [3.05, 3.63) is 53.7 Å². The Kier molecular flexibility index (Phi) is 5.06. The number of halogens is 1. The van der Waals surface area contributed by atoms with E-state index in [1.807, 2.05) is 0 Å². The summed E-state index contributed by atoms with van der Waals surface area (Å²) in [5.41, 5.74) is 0.947. The highest BCUT2D eigenvalue weighted by Gasteiger charge is 2.21. The second-order valence-electron chi connectivity index (χ2n) is 5.20. The quantitative estimate of drug-likeness (QED) is 0.683. The van der Waals surface area contributed by atoms with Crippen molar-refractivity contribution >= 4 is 27.3 Å². The fourth-order valence-electron chi connectivity index (χ4n) is 2.35. The van der Waals surface area contributed by atoms with E-state index in [0.717, 1.165) is 0 Å². The number of nitrogens with one attached hydrogen (secondary N) is 1. The lowest BCUT2D eigenvalue weighted by atomic mass is 10.1. The summed E-state index contributed by atoms with van der Waals surface area (Å²) >= 11 is 6.04. The molecule has 0 fully saturated rings. The van der Waals surface area contributed by atoms with Crippen LogP contribution in [-0.2, 0) is 10.0 Å². The number of benzene rings is 2. The van der Waals surface area contributed by atoms with Crippen molar-refractivity contribution in [3.63, 3.8) is 0 Å². The van der Waals surface area contributed by atoms with Gasteiger partial charge in [0.25, 0.3) is 10.0 Å². The Bertz CT molecular complexity index is 1020. The van der Waals surface area contributed by atoms with E-state index >= 15 is 0 Å². The smallest absolute Gasteiger partial charge is 0.265 e. The monoisotopic (exact) mass is 394 g/mol. The molecule has 3 rings (SSSR count). The Morgan fingerprint density at radius 3 is 2.42 bits per heavy atom. The molecule has 9 heteroatoms. The molecule has 1 aromatic heterocycles. The van der Waals surface area contributed by atoms with Crippen LogP contribution in [0.2, 0.25) is 5.02 Å². The largest absolute Gasteiger partial charge is 0.495 e. The summed E-state index contributed by atoms with van der Waals surface area (Å²) in [6.45, 7) is 0. The van der Waals surface area contributed by atoms with Crippen LogP contribution in [0.5, 0.6) is 11.5 Å². The number of nitrogens with zero attached hydrogens (tertiary/aromatic N) is 1. The molecule has 0 saturated heterocycles. The van der Waals surface area contributed by atoms with Crippen LogP contribution in [0.3, 0.4) is 0 Å². The summed E-state index contributed by atoms with van der Waals surface area (Å²) in [6.07, 6.45) is 1.50. The van der Waals surface area contributed by atoms with Crippen LogP contribution in [0.15, 0.2) is 58.1 Å². The zero-order valence-electron chi connectivity index (χ0n) is 13.9. The van der Waals surface area contributed by atoms with Crippen molar-refractivity contribution in [1.29, 1.82) is 0 Å². The Labute approximate surface area is 155 Å². The molecule has 0 amide bonds. The minimum absolute atomic E-state index is 0.0183. The number of rotatable bonds is 6. The van der Waals surface area contributed by atoms with E-state index in [9.17, 15) is 8.42 Å². The van der Waals surface area contributed by atoms with E-state index in [4.69, 9.17) is 25.6 Å². The highest BCUT2D eigenvalue weighted by Crippen LogP contribution is 2.32. The van der Waals surface area contributed by atoms with E-state index in [0.29, 0.717) is 27.8 Å². The second-order valence-corrected chi connectivity index (χ2v) is 7.26. The number of ether oxygens (including phenoxy) is 2. The highest BCUT2D eigenvalue weighted by atomic mass is 35.5. The maximum Gasteiger partial charge on any atom is 0.265 e. The molecule has 26 heavy (non-hydrogen) atoms. The number of hydrogen-bond donors (Lipinski definition) is 1.